The van der Waals surface area contributed by atoms with Crippen LogP contribution in [-0.4, -0.2) is 12.7 Å². The monoisotopic (exact) mass is 265 g/mol. The molecule has 19 heavy (non-hydrogen) atoms. The molecular formula is C16H24FNO. The van der Waals surface area contributed by atoms with Gasteiger partial charge in [0.1, 0.15) is 5.82 Å². The Morgan fingerprint density at radius 3 is 2.42 bits per heavy atom. The predicted molar refractivity (Wildman–Crippen MR) is 75.6 cm³/mol. The molecule has 1 aliphatic carbocycles. The van der Waals surface area contributed by atoms with Gasteiger partial charge in [-0.2, -0.15) is 0 Å². The van der Waals surface area contributed by atoms with Crippen molar-refractivity contribution in [2.45, 2.75) is 52.2 Å². The molecule has 1 aliphatic rings. The smallest absolute Gasteiger partial charge is 0.123 e. The zero-order valence-corrected chi connectivity index (χ0v) is 12.1. The standard InChI is InChI=1S/C16H24FNO/c1-4-19-14-7-12(8-14)9-15(18)16-10(2)5-13(17)6-11(16)3/h5-6,12,14-15H,4,7-9,18H2,1-3H3. The SMILES string of the molecule is CCOC1CC(CC(N)c2c(C)cc(F)cc2C)C1. The molecule has 2 rings (SSSR count). The normalized spacial score (nSPS) is 24.1. The maximum Gasteiger partial charge on any atom is 0.123 e. The molecule has 1 unspecified atom stereocenters. The van der Waals surface area contributed by atoms with E-state index in [9.17, 15) is 4.39 Å². The largest absolute Gasteiger partial charge is 0.378 e. The Bertz CT molecular complexity index is 417. The van der Waals surface area contributed by atoms with E-state index in [1.54, 1.807) is 12.1 Å². The summed E-state index contributed by atoms with van der Waals surface area (Å²) in [5, 5.41) is 0. The van der Waals surface area contributed by atoms with Crippen LogP contribution in [0.4, 0.5) is 4.39 Å². The zero-order chi connectivity index (χ0) is 14.0. The van der Waals surface area contributed by atoms with Crippen LogP contribution in [0.5, 0.6) is 0 Å². The lowest BCUT2D eigenvalue weighted by molar-refractivity contribution is -0.0282. The molecule has 1 saturated carbocycles. The van der Waals surface area contributed by atoms with Gasteiger partial charge in [0.05, 0.1) is 6.10 Å². The summed E-state index contributed by atoms with van der Waals surface area (Å²) < 4.78 is 18.9. The second kappa shape index (κ2) is 6.02. The van der Waals surface area contributed by atoms with Crippen LogP contribution in [-0.2, 0) is 4.74 Å². The first-order valence-electron chi connectivity index (χ1n) is 7.15. The van der Waals surface area contributed by atoms with Crippen molar-refractivity contribution in [1.82, 2.24) is 0 Å². The number of ether oxygens (including phenoxy) is 1. The van der Waals surface area contributed by atoms with Crippen LogP contribution in [0.15, 0.2) is 12.1 Å². The molecule has 0 saturated heterocycles. The van der Waals surface area contributed by atoms with E-state index in [0.29, 0.717) is 12.0 Å². The fraction of sp³-hybridized carbons (Fsp3) is 0.625. The van der Waals surface area contributed by atoms with E-state index in [1.165, 1.54) is 0 Å². The lowest BCUT2D eigenvalue weighted by atomic mass is 9.76. The zero-order valence-electron chi connectivity index (χ0n) is 12.1. The van der Waals surface area contributed by atoms with Crippen molar-refractivity contribution in [3.05, 3.63) is 34.6 Å². The molecule has 0 spiro atoms. The van der Waals surface area contributed by atoms with Crippen LogP contribution >= 0.6 is 0 Å². The van der Waals surface area contributed by atoms with Gasteiger partial charge in [0.2, 0.25) is 0 Å². The van der Waals surface area contributed by atoms with E-state index in [4.69, 9.17) is 10.5 Å². The van der Waals surface area contributed by atoms with E-state index < -0.39 is 0 Å². The van der Waals surface area contributed by atoms with E-state index in [1.807, 2.05) is 20.8 Å². The number of hydrogen-bond acceptors (Lipinski definition) is 2. The average Bonchev–Trinajstić information content (AvgIpc) is 2.24. The van der Waals surface area contributed by atoms with Crippen LogP contribution in [0.2, 0.25) is 0 Å². The summed E-state index contributed by atoms with van der Waals surface area (Å²) in [5.74, 6) is 0.474. The average molecular weight is 265 g/mol. The maximum atomic E-state index is 13.3. The Hall–Kier alpha value is -0.930. The predicted octanol–water partition coefficient (Wildman–Crippen LogP) is 3.65. The van der Waals surface area contributed by atoms with Crippen molar-refractivity contribution < 1.29 is 9.13 Å². The van der Waals surface area contributed by atoms with Gasteiger partial charge in [0, 0.05) is 12.6 Å². The van der Waals surface area contributed by atoms with Gasteiger partial charge < -0.3 is 10.5 Å². The fourth-order valence-electron chi connectivity index (χ4n) is 3.22. The van der Waals surface area contributed by atoms with E-state index in [2.05, 4.69) is 0 Å². The molecular weight excluding hydrogens is 241 g/mol. The van der Waals surface area contributed by atoms with Crippen LogP contribution in [0.25, 0.3) is 0 Å². The molecule has 1 aromatic carbocycles. The second-order valence-corrected chi connectivity index (χ2v) is 5.71. The molecule has 0 aromatic heterocycles. The van der Waals surface area contributed by atoms with Crippen LogP contribution < -0.4 is 5.73 Å². The van der Waals surface area contributed by atoms with Gasteiger partial charge in [-0.25, -0.2) is 4.39 Å². The van der Waals surface area contributed by atoms with E-state index >= 15 is 0 Å². The molecule has 2 nitrogen and oxygen atoms in total. The Morgan fingerprint density at radius 1 is 1.32 bits per heavy atom. The van der Waals surface area contributed by atoms with Crippen molar-refractivity contribution in [1.29, 1.82) is 0 Å². The molecule has 0 amide bonds. The van der Waals surface area contributed by atoms with Crippen molar-refractivity contribution in [2.24, 2.45) is 11.7 Å². The van der Waals surface area contributed by atoms with Gasteiger partial charge in [-0.05, 0) is 74.8 Å². The number of aryl methyl sites for hydroxylation is 2. The van der Waals surface area contributed by atoms with Crippen LogP contribution in [0.1, 0.15) is 48.9 Å². The summed E-state index contributed by atoms with van der Waals surface area (Å²) in [6, 6.07) is 3.16. The highest BCUT2D eigenvalue weighted by Gasteiger charge is 2.31. The highest BCUT2D eigenvalue weighted by molar-refractivity contribution is 5.36. The molecule has 1 atom stereocenters. The Balaban J connectivity index is 1.96. The Morgan fingerprint density at radius 2 is 1.89 bits per heavy atom. The summed E-state index contributed by atoms with van der Waals surface area (Å²) in [6.45, 7) is 6.70. The highest BCUT2D eigenvalue weighted by Crippen LogP contribution is 2.37. The second-order valence-electron chi connectivity index (χ2n) is 5.71. The van der Waals surface area contributed by atoms with Gasteiger partial charge in [-0.3, -0.25) is 0 Å². The molecule has 0 heterocycles. The number of nitrogens with two attached hydrogens (primary N) is 1. The molecule has 3 heteroatoms. The molecule has 0 bridgehead atoms. The Labute approximate surface area is 115 Å². The molecule has 1 aromatic rings. The number of benzene rings is 1. The van der Waals surface area contributed by atoms with Gasteiger partial charge in [-0.1, -0.05) is 0 Å². The fourth-order valence-corrected chi connectivity index (χ4v) is 3.22. The van der Waals surface area contributed by atoms with Crippen molar-refractivity contribution in [3.63, 3.8) is 0 Å². The van der Waals surface area contributed by atoms with Crippen molar-refractivity contribution in [2.75, 3.05) is 6.61 Å². The summed E-state index contributed by atoms with van der Waals surface area (Å²) in [4.78, 5) is 0. The first-order chi connectivity index (χ1) is 9.01. The van der Waals surface area contributed by atoms with Gasteiger partial charge in [0.25, 0.3) is 0 Å². The summed E-state index contributed by atoms with van der Waals surface area (Å²) in [7, 11) is 0. The first kappa shape index (κ1) is 14.5. The molecule has 0 radical (unpaired) electrons. The molecule has 106 valence electrons. The third kappa shape index (κ3) is 3.34. The quantitative estimate of drug-likeness (QED) is 0.882. The summed E-state index contributed by atoms with van der Waals surface area (Å²) in [6.07, 6.45) is 3.62. The number of hydrogen-bond donors (Lipinski definition) is 1. The third-order valence-electron chi connectivity index (χ3n) is 4.11. The van der Waals surface area contributed by atoms with E-state index in [0.717, 1.165) is 42.6 Å². The molecule has 2 N–H and O–H groups in total. The van der Waals surface area contributed by atoms with E-state index in [-0.39, 0.29) is 11.9 Å². The maximum absolute atomic E-state index is 13.3. The molecule has 1 fully saturated rings. The first-order valence-corrected chi connectivity index (χ1v) is 7.15. The van der Waals surface area contributed by atoms with Crippen LogP contribution in [0.3, 0.4) is 0 Å². The van der Waals surface area contributed by atoms with Gasteiger partial charge >= 0.3 is 0 Å². The minimum Gasteiger partial charge on any atom is -0.378 e. The third-order valence-corrected chi connectivity index (χ3v) is 4.11. The summed E-state index contributed by atoms with van der Waals surface area (Å²) in [5.41, 5.74) is 9.35. The topological polar surface area (TPSA) is 35.2 Å². The number of rotatable bonds is 5. The summed E-state index contributed by atoms with van der Waals surface area (Å²) >= 11 is 0. The van der Waals surface area contributed by atoms with Crippen molar-refractivity contribution >= 4 is 0 Å². The lowest BCUT2D eigenvalue weighted by Gasteiger charge is -2.36. The van der Waals surface area contributed by atoms with Crippen LogP contribution in [0, 0.1) is 25.6 Å². The lowest BCUT2D eigenvalue weighted by Crippen LogP contribution is -2.33. The van der Waals surface area contributed by atoms with Gasteiger partial charge in [-0.15, -0.1) is 0 Å². The number of halogens is 1. The van der Waals surface area contributed by atoms with Gasteiger partial charge in [0.15, 0.2) is 0 Å². The van der Waals surface area contributed by atoms with Crippen molar-refractivity contribution in [3.8, 4) is 0 Å². The highest BCUT2D eigenvalue weighted by atomic mass is 19.1. The Kier molecular flexibility index (Phi) is 4.58. The molecule has 0 aliphatic heterocycles. The minimum atomic E-state index is -0.175. The minimum absolute atomic E-state index is 0.00757.